The van der Waals surface area contributed by atoms with Crippen LogP contribution in [0.15, 0.2) is 60.8 Å². The highest BCUT2D eigenvalue weighted by Crippen LogP contribution is 2.39. The third-order valence-corrected chi connectivity index (χ3v) is 5.37. The lowest BCUT2D eigenvalue weighted by atomic mass is 10.0. The number of pyridine rings is 1. The molecule has 0 saturated carbocycles. The predicted molar refractivity (Wildman–Crippen MR) is 112 cm³/mol. The van der Waals surface area contributed by atoms with Gasteiger partial charge in [-0.25, -0.2) is 4.98 Å². The van der Waals surface area contributed by atoms with E-state index in [0.29, 0.717) is 6.42 Å². The summed E-state index contributed by atoms with van der Waals surface area (Å²) in [4.78, 5) is 31.5. The molecule has 33 heavy (non-hydrogen) atoms. The van der Waals surface area contributed by atoms with Crippen molar-refractivity contribution < 1.29 is 27.5 Å². The van der Waals surface area contributed by atoms with E-state index in [0.717, 1.165) is 16.5 Å². The van der Waals surface area contributed by atoms with E-state index < -0.39 is 23.9 Å². The number of nitrogens with zero attached hydrogens (tertiary/aromatic N) is 3. The van der Waals surface area contributed by atoms with Gasteiger partial charge in [0.15, 0.2) is 5.65 Å². The number of para-hydroxylation sites is 1. The highest BCUT2D eigenvalue weighted by atomic mass is 19.4. The average molecular weight is 452 g/mol. The van der Waals surface area contributed by atoms with Gasteiger partial charge in [0.2, 0.25) is 0 Å². The summed E-state index contributed by atoms with van der Waals surface area (Å²) in [7, 11) is 0. The lowest BCUT2D eigenvalue weighted by Crippen LogP contribution is -2.31. The van der Waals surface area contributed by atoms with Crippen LogP contribution in [0.1, 0.15) is 26.3 Å². The molecule has 10 heteroatoms. The number of alkyl halides is 3. The zero-order chi connectivity index (χ0) is 23.2. The first-order valence-corrected chi connectivity index (χ1v) is 9.96. The van der Waals surface area contributed by atoms with Crippen LogP contribution in [0.3, 0.4) is 0 Å². The number of rotatable bonds is 5. The maximum absolute atomic E-state index is 13.3. The Morgan fingerprint density at radius 2 is 1.67 bits per heavy atom. The number of ether oxygens (including phenoxy) is 1. The Hall–Kier alpha value is -4.21. The number of nitrogens with one attached hydrogen (secondary N) is 1. The van der Waals surface area contributed by atoms with Crippen LogP contribution in [0.2, 0.25) is 0 Å². The van der Waals surface area contributed by atoms with Gasteiger partial charge in [-0.05, 0) is 24.1 Å². The average Bonchev–Trinajstić information content (AvgIpc) is 3.31. The van der Waals surface area contributed by atoms with Gasteiger partial charge in [-0.3, -0.25) is 19.6 Å². The number of H-pyrrole nitrogens is 1. The molecule has 1 aliphatic heterocycles. The van der Waals surface area contributed by atoms with Gasteiger partial charge in [-0.1, -0.05) is 42.5 Å². The van der Waals surface area contributed by atoms with Crippen molar-refractivity contribution in [1.82, 2.24) is 20.1 Å². The monoisotopic (exact) mass is 452 g/mol. The summed E-state index contributed by atoms with van der Waals surface area (Å²) in [5, 5.41) is 6.86. The number of benzene rings is 2. The van der Waals surface area contributed by atoms with Crippen LogP contribution in [0.25, 0.3) is 22.3 Å². The van der Waals surface area contributed by atoms with Crippen LogP contribution >= 0.6 is 0 Å². The van der Waals surface area contributed by atoms with Crippen LogP contribution in [-0.2, 0) is 6.42 Å². The summed E-state index contributed by atoms with van der Waals surface area (Å²) in [6.07, 6.45) is -3.18. The third-order valence-electron chi connectivity index (χ3n) is 5.37. The summed E-state index contributed by atoms with van der Waals surface area (Å²) in [5.74, 6) is -1.52. The highest BCUT2D eigenvalue weighted by Gasteiger charge is 2.39. The molecule has 0 unspecified atom stereocenters. The second-order valence-electron chi connectivity index (χ2n) is 7.39. The Balaban J connectivity index is 1.57. The van der Waals surface area contributed by atoms with E-state index in [1.54, 1.807) is 0 Å². The largest absolute Gasteiger partial charge is 0.573 e. The number of carbonyl (C=O) groups excluding carboxylic acids is 2. The van der Waals surface area contributed by atoms with Crippen molar-refractivity contribution in [3.05, 3.63) is 77.5 Å². The normalized spacial score (nSPS) is 13.6. The topological polar surface area (TPSA) is 88.2 Å². The van der Waals surface area contributed by atoms with Gasteiger partial charge in [-0.15, -0.1) is 13.2 Å². The van der Waals surface area contributed by atoms with Gasteiger partial charge < -0.3 is 4.74 Å². The smallest absolute Gasteiger partial charge is 0.405 e. The van der Waals surface area contributed by atoms with Crippen molar-refractivity contribution in [1.29, 1.82) is 0 Å². The Morgan fingerprint density at radius 1 is 0.939 bits per heavy atom. The number of hydrogen-bond acceptors (Lipinski definition) is 5. The molecule has 0 aliphatic carbocycles. The first-order chi connectivity index (χ1) is 15.8. The standard InChI is InChI=1S/C23H15F3N4O3/c24-23(25,26)33-16-9-5-4-8-14(16)19-18-17-15(12-27-20(18)29-28-19)21(31)30(22(17)32)11-10-13-6-2-1-3-7-13/h1-9,12H,10-11H2,(H,27,28,29). The summed E-state index contributed by atoms with van der Waals surface area (Å²) >= 11 is 0. The number of fused-ring (bicyclic) bond motifs is 3. The third kappa shape index (κ3) is 3.69. The minimum atomic E-state index is -4.91. The van der Waals surface area contributed by atoms with Crippen LogP contribution in [0.5, 0.6) is 5.75 Å². The maximum Gasteiger partial charge on any atom is 0.573 e. The first kappa shape index (κ1) is 20.7. The summed E-state index contributed by atoms with van der Waals surface area (Å²) in [6.45, 7) is 0.152. The van der Waals surface area contributed by atoms with Gasteiger partial charge in [0.25, 0.3) is 11.8 Å². The quantitative estimate of drug-likeness (QED) is 0.455. The fraction of sp³-hybridized carbons (Fsp3) is 0.130. The zero-order valence-electron chi connectivity index (χ0n) is 16.9. The summed E-state index contributed by atoms with van der Waals surface area (Å²) in [5.41, 5.74) is 1.35. The van der Waals surface area contributed by atoms with Crippen LogP contribution in [0.4, 0.5) is 13.2 Å². The molecule has 0 saturated heterocycles. The number of aromatic nitrogens is 3. The number of halogens is 3. The fourth-order valence-corrected chi connectivity index (χ4v) is 3.91. The van der Waals surface area contributed by atoms with Gasteiger partial charge in [-0.2, -0.15) is 5.10 Å². The van der Waals surface area contributed by atoms with E-state index in [9.17, 15) is 22.8 Å². The van der Waals surface area contributed by atoms with E-state index in [1.807, 2.05) is 30.3 Å². The Morgan fingerprint density at radius 3 is 2.42 bits per heavy atom. The van der Waals surface area contributed by atoms with Crippen molar-refractivity contribution in [2.75, 3.05) is 6.54 Å². The van der Waals surface area contributed by atoms with E-state index in [-0.39, 0.29) is 40.0 Å². The van der Waals surface area contributed by atoms with Crippen LogP contribution in [-0.4, -0.2) is 44.8 Å². The second-order valence-corrected chi connectivity index (χ2v) is 7.39. The lowest BCUT2D eigenvalue weighted by molar-refractivity contribution is -0.274. The van der Waals surface area contributed by atoms with Gasteiger partial charge in [0.1, 0.15) is 5.75 Å². The Labute approximate surface area is 184 Å². The van der Waals surface area contributed by atoms with E-state index in [2.05, 4.69) is 19.9 Å². The molecule has 0 bridgehead atoms. The van der Waals surface area contributed by atoms with Crippen molar-refractivity contribution in [2.24, 2.45) is 0 Å². The molecule has 2 amide bonds. The molecule has 5 rings (SSSR count). The molecule has 1 N–H and O–H groups in total. The Bertz CT molecular complexity index is 1380. The zero-order valence-corrected chi connectivity index (χ0v) is 16.9. The predicted octanol–water partition coefficient (Wildman–Crippen LogP) is 4.36. The summed E-state index contributed by atoms with van der Waals surface area (Å²) < 4.78 is 42.9. The summed E-state index contributed by atoms with van der Waals surface area (Å²) in [6, 6.07) is 14.9. The number of aromatic amines is 1. The molecule has 0 radical (unpaired) electrons. The highest BCUT2D eigenvalue weighted by molar-refractivity contribution is 6.27. The number of imide groups is 1. The molecule has 2 aromatic carbocycles. The minimum Gasteiger partial charge on any atom is -0.405 e. The molecule has 0 spiro atoms. The number of carbonyl (C=O) groups is 2. The van der Waals surface area contributed by atoms with E-state index in [1.165, 1.54) is 24.4 Å². The molecule has 166 valence electrons. The fourth-order valence-electron chi connectivity index (χ4n) is 3.91. The first-order valence-electron chi connectivity index (χ1n) is 9.96. The maximum atomic E-state index is 13.3. The molecular formula is C23H15F3N4O3. The van der Waals surface area contributed by atoms with Crippen LogP contribution < -0.4 is 4.74 Å². The molecule has 2 aromatic heterocycles. The molecular weight excluding hydrogens is 437 g/mol. The number of hydrogen-bond donors (Lipinski definition) is 1. The minimum absolute atomic E-state index is 0.0375. The van der Waals surface area contributed by atoms with Gasteiger partial charge in [0.05, 0.1) is 22.2 Å². The Kier molecular flexibility index (Phi) is 4.85. The molecule has 4 aromatic rings. The van der Waals surface area contributed by atoms with Gasteiger partial charge in [0, 0.05) is 18.3 Å². The van der Waals surface area contributed by atoms with Crippen molar-refractivity contribution in [3.63, 3.8) is 0 Å². The molecule has 0 atom stereocenters. The van der Waals surface area contributed by atoms with E-state index >= 15 is 0 Å². The number of amides is 2. The molecule has 3 heterocycles. The second kappa shape index (κ2) is 7.73. The van der Waals surface area contributed by atoms with Crippen molar-refractivity contribution in [2.45, 2.75) is 12.8 Å². The SMILES string of the molecule is O=C1c2cnc3n[nH]c(-c4ccccc4OC(F)(F)F)c3c2C(=O)N1CCc1ccccc1. The van der Waals surface area contributed by atoms with Crippen molar-refractivity contribution in [3.8, 4) is 17.0 Å². The molecule has 0 fully saturated rings. The van der Waals surface area contributed by atoms with Crippen LogP contribution in [0, 0.1) is 0 Å². The van der Waals surface area contributed by atoms with Crippen molar-refractivity contribution >= 4 is 22.8 Å². The van der Waals surface area contributed by atoms with Gasteiger partial charge >= 0.3 is 6.36 Å². The van der Waals surface area contributed by atoms with E-state index in [4.69, 9.17) is 0 Å². The lowest BCUT2D eigenvalue weighted by Gasteiger charge is -2.14. The molecule has 7 nitrogen and oxygen atoms in total. The molecule has 1 aliphatic rings.